The predicted molar refractivity (Wildman–Crippen MR) is 112 cm³/mol. The first-order valence-corrected chi connectivity index (χ1v) is 8.99. The Balaban J connectivity index is 2.17. The van der Waals surface area contributed by atoms with E-state index in [4.69, 9.17) is 37.0 Å². The molecule has 1 amide bonds. The maximum absolute atomic E-state index is 12.4. The molecule has 2 aromatic rings. The van der Waals surface area contributed by atoms with Crippen molar-refractivity contribution in [2.24, 2.45) is 5.10 Å². The molecule has 0 fully saturated rings. The molecule has 0 aromatic heterocycles. The summed E-state index contributed by atoms with van der Waals surface area (Å²) in [6, 6.07) is 8.14. The number of nitrogens with one attached hydrogen (secondary N) is 1. The third-order valence-corrected chi connectivity index (χ3v) is 3.91. The number of halogens is 1. The van der Waals surface area contributed by atoms with Gasteiger partial charge in [-0.3, -0.25) is 4.79 Å². The lowest BCUT2D eigenvalue weighted by Gasteiger charge is -2.12. The quantitative estimate of drug-likeness (QED) is 0.384. The number of hydrogen-bond donors (Lipinski definition) is 1. The summed E-state index contributed by atoms with van der Waals surface area (Å²) < 4.78 is 21.3. The maximum atomic E-state index is 12.4. The molecular formula is C21H21ClN2O5. The zero-order chi connectivity index (χ0) is 21.2. The van der Waals surface area contributed by atoms with E-state index in [0.717, 1.165) is 0 Å². The van der Waals surface area contributed by atoms with Gasteiger partial charge in [-0.1, -0.05) is 17.5 Å². The molecule has 0 aliphatic rings. The Bertz CT molecular complexity index is 915. The summed E-state index contributed by atoms with van der Waals surface area (Å²) in [6.45, 7) is 2.31. The fourth-order valence-corrected chi connectivity index (χ4v) is 2.62. The highest BCUT2D eigenvalue weighted by Crippen LogP contribution is 2.36. The zero-order valence-corrected chi connectivity index (χ0v) is 17.1. The average molecular weight is 417 g/mol. The van der Waals surface area contributed by atoms with Crippen LogP contribution in [0.1, 0.15) is 22.8 Å². The van der Waals surface area contributed by atoms with E-state index in [-0.39, 0.29) is 6.61 Å². The van der Waals surface area contributed by atoms with E-state index in [9.17, 15) is 4.79 Å². The molecule has 0 spiro atoms. The molecule has 2 rings (SSSR count). The standard InChI is InChI=1S/C21H21ClN2O5/c1-5-7-29-20-18(22)8-14(9-19(20)28-6-2)13-23-24-21(25)15-10-16(26-3)12-17(11-15)27-4/h1,8-13H,6-7H2,2-4H3,(H,24,25)/b23-13-. The predicted octanol–water partition coefficient (Wildman–Crippen LogP) is 3.53. The lowest BCUT2D eigenvalue weighted by molar-refractivity contribution is 0.0954. The molecule has 0 aliphatic carbocycles. The second-order valence-corrected chi connectivity index (χ2v) is 5.96. The topological polar surface area (TPSA) is 78.4 Å². The van der Waals surface area contributed by atoms with E-state index in [0.29, 0.717) is 45.8 Å². The summed E-state index contributed by atoms with van der Waals surface area (Å²) in [5.41, 5.74) is 3.39. The smallest absolute Gasteiger partial charge is 0.271 e. The van der Waals surface area contributed by atoms with Gasteiger partial charge in [0.2, 0.25) is 0 Å². The first-order valence-electron chi connectivity index (χ1n) is 8.61. The molecule has 152 valence electrons. The summed E-state index contributed by atoms with van der Waals surface area (Å²) in [7, 11) is 3.01. The minimum atomic E-state index is -0.427. The number of hydrogen-bond acceptors (Lipinski definition) is 6. The molecule has 0 atom stereocenters. The van der Waals surface area contributed by atoms with Crippen LogP contribution in [0.4, 0.5) is 0 Å². The molecule has 7 nitrogen and oxygen atoms in total. The highest BCUT2D eigenvalue weighted by Gasteiger charge is 2.12. The van der Waals surface area contributed by atoms with Gasteiger partial charge in [-0.15, -0.1) is 6.42 Å². The first-order chi connectivity index (χ1) is 14.0. The molecule has 0 saturated heterocycles. The average Bonchev–Trinajstić information content (AvgIpc) is 2.72. The molecule has 29 heavy (non-hydrogen) atoms. The molecular weight excluding hydrogens is 396 g/mol. The van der Waals surface area contributed by atoms with Gasteiger partial charge in [-0.05, 0) is 36.8 Å². The van der Waals surface area contributed by atoms with E-state index in [1.54, 1.807) is 30.3 Å². The number of carbonyl (C=O) groups excluding carboxylic acids is 1. The lowest BCUT2D eigenvalue weighted by Crippen LogP contribution is -2.17. The van der Waals surface area contributed by atoms with Gasteiger partial charge in [0.25, 0.3) is 5.91 Å². The molecule has 0 bridgehead atoms. The fourth-order valence-electron chi connectivity index (χ4n) is 2.35. The van der Waals surface area contributed by atoms with Crippen molar-refractivity contribution in [3.8, 4) is 35.3 Å². The Morgan fingerprint density at radius 1 is 1.17 bits per heavy atom. The molecule has 8 heteroatoms. The summed E-state index contributed by atoms with van der Waals surface area (Å²) in [5, 5.41) is 4.29. The van der Waals surface area contributed by atoms with Crippen molar-refractivity contribution in [1.82, 2.24) is 5.43 Å². The Labute approximate surface area is 174 Å². The van der Waals surface area contributed by atoms with Gasteiger partial charge in [0.15, 0.2) is 11.5 Å². The van der Waals surface area contributed by atoms with Gasteiger partial charge < -0.3 is 18.9 Å². The molecule has 0 heterocycles. The van der Waals surface area contributed by atoms with Crippen LogP contribution in [-0.4, -0.2) is 39.6 Å². The number of nitrogens with zero attached hydrogens (tertiary/aromatic N) is 1. The highest BCUT2D eigenvalue weighted by atomic mass is 35.5. The van der Waals surface area contributed by atoms with Gasteiger partial charge in [0.05, 0.1) is 32.1 Å². The van der Waals surface area contributed by atoms with Gasteiger partial charge in [0, 0.05) is 11.6 Å². The number of ether oxygens (including phenoxy) is 4. The van der Waals surface area contributed by atoms with Crippen molar-refractivity contribution in [3.63, 3.8) is 0 Å². The minimum Gasteiger partial charge on any atom is -0.497 e. The second-order valence-electron chi connectivity index (χ2n) is 5.56. The van der Waals surface area contributed by atoms with Crippen molar-refractivity contribution in [2.45, 2.75) is 6.92 Å². The van der Waals surface area contributed by atoms with Crippen molar-refractivity contribution in [2.75, 3.05) is 27.4 Å². The monoisotopic (exact) mass is 416 g/mol. The second kappa shape index (κ2) is 10.8. The molecule has 0 unspecified atom stereocenters. The SMILES string of the molecule is C#CCOc1c(Cl)cc(/C=N\NC(=O)c2cc(OC)cc(OC)c2)cc1OCC. The van der Waals surface area contributed by atoms with Gasteiger partial charge in [-0.25, -0.2) is 5.43 Å². The van der Waals surface area contributed by atoms with Crippen LogP contribution in [0.25, 0.3) is 0 Å². The minimum absolute atomic E-state index is 0.0628. The van der Waals surface area contributed by atoms with Crippen molar-refractivity contribution < 1.29 is 23.7 Å². The van der Waals surface area contributed by atoms with E-state index >= 15 is 0 Å². The van der Waals surface area contributed by atoms with Crippen LogP contribution in [0, 0.1) is 12.3 Å². The van der Waals surface area contributed by atoms with Crippen molar-refractivity contribution in [3.05, 3.63) is 46.5 Å². The number of methoxy groups -OCH3 is 2. The zero-order valence-electron chi connectivity index (χ0n) is 16.3. The van der Waals surface area contributed by atoms with Crippen LogP contribution in [0.3, 0.4) is 0 Å². The number of hydrazone groups is 1. The van der Waals surface area contributed by atoms with E-state index < -0.39 is 5.91 Å². The Morgan fingerprint density at radius 2 is 1.86 bits per heavy atom. The summed E-state index contributed by atoms with van der Waals surface area (Å²) in [5.74, 6) is 3.73. The molecule has 2 aromatic carbocycles. The van der Waals surface area contributed by atoms with Crippen LogP contribution >= 0.6 is 11.6 Å². The van der Waals surface area contributed by atoms with Crippen molar-refractivity contribution in [1.29, 1.82) is 0 Å². The van der Waals surface area contributed by atoms with E-state index in [1.807, 2.05) is 6.92 Å². The van der Waals surface area contributed by atoms with Gasteiger partial charge >= 0.3 is 0 Å². The van der Waals surface area contributed by atoms with Crippen LogP contribution in [0.15, 0.2) is 35.4 Å². The number of terminal acetylenes is 1. The third kappa shape index (κ3) is 6.06. The van der Waals surface area contributed by atoms with Crippen LogP contribution in [-0.2, 0) is 0 Å². The van der Waals surface area contributed by atoms with Crippen LogP contribution < -0.4 is 24.4 Å². The summed E-state index contributed by atoms with van der Waals surface area (Å²) in [4.78, 5) is 12.4. The molecule has 0 saturated carbocycles. The maximum Gasteiger partial charge on any atom is 0.271 e. The lowest BCUT2D eigenvalue weighted by atomic mass is 10.2. The normalized spacial score (nSPS) is 10.3. The Kier molecular flexibility index (Phi) is 8.19. The number of carbonyl (C=O) groups is 1. The number of rotatable bonds is 9. The largest absolute Gasteiger partial charge is 0.497 e. The van der Waals surface area contributed by atoms with Gasteiger partial charge in [-0.2, -0.15) is 5.10 Å². The summed E-state index contributed by atoms with van der Waals surface area (Å²) >= 11 is 6.26. The fraction of sp³-hybridized carbons (Fsp3) is 0.238. The van der Waals surface area contributed by atoms with E-state index in [1.165, 1.54) is 20.4 Å². The van der Waals surface area contributed by atoms with Gasteiger partial charge in [0.1, 0.15) is 18.1 Å². The first kappa shape index (κ1) is 21.9. The Hall–Kier alpha value is -3.37. The van der Waals surface area contributed by atoms with Crippen LogP contribution in [0.5, 0.6) is 23.0 Å². The van der Waals surface area contributed by atoms with E-state index in [2.05, 4.69) is 16.4 Å². The Morgan fingerprint density at radius 3 is 2.45 bits per heavy atom. The molecule has 0 aliphatic heterocycles. The highest BCUT2D eigenvalue weighted by molar-refractivity contribution is 6.32. The van der Waals surface area contributed by atoms with Crippen LogP contribution in [0.2, 0.25) is 5.02 Å². The summed E-state index contributed by atoms with van der Waals surface area (Å²) in [6.07, 6.45) is 6.66. The molecule has 0 radical (unpaired) electrons. The third-order valence-electron chi connectivity index (χ3n) is 3.62. The molecule has 1 N–H and O–H groups in total. The van der Waals surface area contributed by atoms with Crippen molar-refractivity contribution >= 4 is 23.7 Å². The number of amides is 1. The number of benzene rings is 2.